The number of aromatic nitrogens is 4. The Morgan fingerprint density at radius 3 is 2.47 bits per heavy atom. The van der Waals surface area contributed by atoms with Crippen molar-refractivity contribution in [2.75, 3.05) is 5.32 Å². The minimum Gasteiger partial charge on any atom is -0.358 e. The van der Waals surface area contributed by atoms with E-state index in [2.05, 4.69) is 40.6 Å². The van der Waals surface area contributed by atoms with Crippen LogP contribution in [0.25, 0.3) is 0 Å². The van der Waals surface area contributed by atoms with Crippen LogP contribution in [0.3, 0.4) is 0 Å². The highest BCUT2D eigenvalue weighted by atomic mass is 32.1. The topological polar surface area (TPSA) is 108 Å². The Labute approximate surface area is 188 Å². The highest BCUT2D eigenvalue weighted by Crippen LogP contribution is 2.20. The molecule has 0 saturated carbocycles. The van der Waals surface area contributed by atoms with Crippen molar-refractivity contribution in [3.05, 3.63) is 90.9 Å². The van der Waals surface area contributed by atoms with Gasteiger partial charge < -0.3 is 15.4 Å². The Balaban J connectivity index is 1.43. The second-order valence-corrected chi connectivity index (χ2v) is 8.56. The van der Waals surface area contributed by atoms with E-state index >= 15 is 0 Å². The number of nitrogens with one attached hydrogen (secondary N) is 1. The molecule has 32 heavy (non-hydrogen) atoms. The summed E-state index contributed by atoms with van der Waals surface area (Å²) in [6, 6.07) is 13.3. The zero-order valence-corrected chi connectivity index (χ0v) is 18.7. The third-order valence-corrected chi connectivity index (χ3v) is 5.98. The number of carbonyl (C=O) groups excluding carboxylic acids is 1. The molecule has 10 heteroatoms. The van der Waals surface area contributed by atoms with Crippen LogP contribution in [0.4, 0.5) is 11.6 Å². The van der Waals surface area contributed by atoms with Crippen molar-refractivity contribution >= 4 is 28.9 Å². The molecule has 4 rings (SSSR count). The van der Waals surface area contributed by atoms with E-state index in [0.29, 0.717) is 29.5 Å². The molecule has 0 atom stereocenters. The van der Waals surface area contributed by atoms with Crippen LogP contribution < -0.4 is 5.32 Å². The first kappa shape index (κ1) is 21.4. The van der Waals surface area contributed by atoms with E-state index in [9.17, 15) is 14.9 Å². The number of carbonyl (C=O) groups is 1. The van der Waals surface area contributed by atoms with Gasteiger partial charge in [0.2, 0.25) is 0 Å². The first-order valence-corrected chi connectivity index (χ1v) is 10.8. The smallest absolute Gasteiger partial charge is 0.358 e. The summed E-state index contributed by atoms with van der Waals surface area (Å²) < 4.78 is 3.41. The van der Waals surface area contributed by atoms with Crippen LogP contribution in [-0.2, 0) is 13.1 Å². The van der Waals surface area contributed by atoms with Gasteiger partial charge in [0, 0.05) is 11.8 Å². The molecule has 9 nitrogen and oxygen atoms in total. The third-order valence-electron chi connectivity index (χ3n) is 5.00. The van der Waals surface area contributed by atoms with Crippen molar-refractivity contribution in [1.29, 1.82) is 0 Å². The highest BCUT2D eigenvalue weighted by Gasteiger charge is 2.17. The summed E-state index contributed by atoms with van der Waals surface area (Å²) in [5.41, 5.74) is 4.82. The third kappa shape index (κ3) is 4.75. The number of hydrogen-bond donors (Lipinski definition) is 1. The van der Waals surface area contributed by atoms with E-state index in [-0.39, 0.29) is 11.7 Å². The summed E-state index contributed by atoms with van der Waals surface area (Å²) in [6.07, 6.45) is 0. The molecule has 1 aromatic carbocycles. The van der Waals surface area contributed by atoms with E-state index in [1.807, 2.05) is 29.1 Å². The van der Waals surface area contributed by atoms with E-state index in [0.717, 1.165) is 16.8 Å². The first-order valence-electron chi connectivity index (χ1n) is 9.96. The van der Waals surface area contributed by atoms with Crippen LogP contribution in [0.1, 0.15) is 37.7 Å². The number of benzene rings is 1. The Morgan fingerprint density at radius 1 is 1.03 bits per heavy atom. The molecule has 4 aromatic rings. The molecular formula is C22H22N6O3S. The Hall–Kier alpha value is -3.79. The van der Waals surface area contributed by atoms with Crippen molar-refractivity contribution in [3.63, 3.8) is 0 Å². The van der Waals surface area contributed by atoms with Gasteiger partial charge in [-0.3, -0.25) is 9.48 Å². The minimum absolute atomic E-state index is 0.188. The minimum atomic E-state index is -0.518. The molecule has 3 aromatic heterocycles. The van der Waals surface area contributed by atoms with E-state index in [4.69, 9.17) is 0 Å². The molecule has 0 spiro atoms. The van der Waals surface area contributed by atoms with Crippen LogP contribution in [-0.4, -0.2) is 30.4 Å². The van der Waals surface area contributed by atoms with Gasteiger partial charge in [-0.05, 0) is 48.3 Å². The van der Waals surface area contributed by atoms with E-state index in [1.54, 1.807) is 17.7 Å². The van der Waals surface area contributed by atoms with Crippen molar-refractivity contribution in [2.45, 2.75) is 33.9 Å². The Bertz CT molecular complexity index is 1300. The fraction of sp³-hybridized carbons (Fsp3) is 0.227. The zero-order chi connectivity index (χ0) is 22.8. The summed E-state index contributed by atoms with van der Waals surface area (Å²) in [4.78, 5) is 23.6. The van der Waals surface area contributed by atoms with E-state index in [1.165, 1.54) is 23.0 Å². The number of rotatable bonds is 7. The number of nitro groups is 1. The summed E-state index contributed by atoms with van der Waals surface area (Å²) in [5, 5.41) is 24.1. The van der Waals surface area contributed by atoms with Crippen LogP contribution in [0.5, 0.6) is 0 Å². The highest BCUT2D eigenvalue weighted by molar-refractivity contribution is 7.12. The molecule has 0 unspecified atom stereocenters. The number of anilines is 1. The average molecular weight is 451 g/mol. The lowest BCUT2D eigenvalue weighted by Crippen LogP contribution is -2.11. The number of aryl methyl sites for hydroxylation is 3. The Morgan fingerprint density at radius 2 is 1.75 bits per heavy atom. The molecule has 0 radical (unpaired) electrons. The van der Waals surface area contributed by atoms with E-state index < -0.39 is 4.92 Å². The molecule has 1 N–H and O–H groups in total. The standard InChI is InChI=1S/C22H22N6O3S/c1-14-5-4-6-17(7-14)11-26-15(2)8-20(24-26)23-22(29)19-10-18(13-32-19)12-27-16(3)9-21(25-27)28(30)31/h4-10,13H,11-12H2,1-3H3,(H,23,24,29). The summed E-state index contributed by atoms with van der Waals surface area (Å²) >= 11 is 1.31. The van der Waals surface area contributed by atoms with Gasteiger partial charge in [0.25, 0.3) is 5.91 Å². The van der Waals surface area contributed by atoms with Gasteiger partial charge in [-0.15, -0.1) is 11.3 Å². The quantitative estimate of drug-likeness (QED) is 0.333. The van der Waals surface area contributed by atoms with Gasteiger partial charge in [0.15, 0.2) is 5.82 Å². The van der Waals surface area contributed by atoms with Crippen molar-refractivity contribution in [2.24, 2.45) is 0 Å². The van der Waals surface area contributed by atoms with Gasteiger partial charge in [-0.25, -0.2) is 0 Å². The summed E-state index contributed by atoms with van der Waals surface area (Å²) in [6.45, 7) is 6.74. The fourth-order valence-corrected chi connectivity index (χ4v) is 4.18. The van der Waals surface area contributed by atoms with Gasteiger partial charge in [0.1, 0.15) is 0 Å². The first-order chi connectivity index (χ1) is 15.3. The lowest BCUT2D eigenvalue weighted by atomic mass is 10.1. The second kappa shape index (κ2) is 8.75. The maximum Gasteiger partial charge on any atom is 0.390 e. The molecule has 3 heterocycles. The van der Waals surface area contributed by atoms with Gasteiger partial charge in [0.05, 0.1) is 34.8 Å². The molecule has 0 bridgehead atoms. The predicted molar refractivity (Wildman–Crippen MR) is 122 cm³/mol. The van der Waals surface area contributed by atoms with Crippen molar-refractivity contribution in [1.82, 2.24) is 19.6 Å². The Kier molecular flexibility index (Phi) is 5.87. The zero-order valence-electron chi connectivity index (χ0n) is 17.9. The molecule has 1 amide bonds. The predicted octanol–water partition coefficient (Wildman–Crippen LogP) is 4.32. The molecule has 164 valence electrons. The van der Waals surface area contributed by atoms with Gasteiger partial charge in [-0.2, -0.15) is 9.78 Å². The molecule has 0 aliphatic carbocycles. The number of nitrogens with zero attached hydrogens (tertiary/aromatic N) is 5. The molecule has 0 aliphatic rings. The average Bonchev–Trinajstić information content (AvgIpc) is 3.43. The van der Waals surface area contributed by atoms with Gasteiger partial charge >= 0.3 is 5.82 Å². The number of thiophene rings is 1. The maximum atomic E-state index is 12.7. The molecule has 0 aliphatic heterocycles. The summed E-state index contributed by atoms with van der Waals surface area (Å²) in [7, 11) is 0. The lowest BCUT2D eigenvalue weighted by Gasteiger charge is -2.05. The van der Waals surface area contributed by atoms with Gasteiger partial charge in [-0.1, -0.05) is 29.8 Å². The molecular weight excluding hydrogens is 428 g/mol. The largest absolute Gasteiger partial charge is 0.390 e. The maximum absolute atomic E-state index is 12.7. The number of hydrogen-bond acceptors (Lipinski definition) is 6. The van der Waals surface area contributed by atoms with Crippen molar-refractivity contribution in [3.8, 4) is 0 Å². The molecule has 0 saturated heterocycles. The number of amides is 1. The SMILES string of the molecule is Cc1cccc(Cn2nc(NC(=O)c3cc(Cn4nc([N+](=O)[O-])cc4C)cs3)cc2C)c1. The van der Waals surface area contributed by atoms with Crippen LogP contribution in [0, 0.1) is 30.9 Å². The monoisotopic (exact) mass is 450 g/mol. The normalized spacial score (nSPS) is 11.0. The lowest BCUT2D eigenvalue weighted by molar-refractivity contribution is -0.389. The second-order valence-electron chi connectivity index (χ2n) is 7.65. The van der Waals surface area contributed by atoms with Crippen LogP contribution >= 0.6 is 11.3 Å². The fourth-order valence-electron chi connectivity index (χ4n) is 3.39. The van der Waals surface area contributed by atoms with Crippen molar-refractivity contribution < 1.29 is 9.72 Å². The summed E-state index contributed by atoms with van der Waals surface area (Å²) in [5.74, 6) is 0.0607. The van der Waals surface area contributed by atoms with Crippen LogP contribution in [0.2, 0.25) is 0 Å². The molecule has 0 fully saturated rings. The van der Waals surface area contributed by atoms with Crippen LogP contribution in [0.15, 0.2) is 47.8 Å².